The molecule has 1 aromatic heterocycles. The lowest BCUT2D eigenvalue weighted by atomic mass is 10.1. The molecule has 0 saturated heterocycles. The summed E-state index contributed by atoms with van der Waals surface area (Å²) in [5.74, 6) is -1.92. The van der Waals surface area contributed by atoms with Crippen LogP contribution >= 0.6 is 0 Å². The average molecular weight is 277 g/mol. The maximum atomic E-state index is 13.7. The van der Waals surface area contributed by atoms with E-state index < -0.39 is 17.6 Å². The molecule has 0 amide bonds. The van der Waals surface area contributed by atoms with Crippen LogP contribution in [0.25, 0.3) is 17.0 Å². The van der Waals surface area contributed by atoms with Crippen LogP contribution in [-0.4, -0.2) is 17.6 Å². The SMILES string of the molecule is CCOC(=O)/C=C/c1cc(C)nc2c(F)cc(F)cc12. The molecule has 0 fully saturated rings. The Morgan fingerprint density at radius 3 is 2.80 bits per heavy atom. The molecule has 0 N–H and O–H groups in total. The molecule has 1 aromatic carbocycles. The Morgan fingerprint density at radius 2 is 2.10 bits per heavy atom. The topological polar surface area (TPSA) is 39.2 Å². The molecule has 0 spiro atoms. The fourth-order valence-electron chi connectivity index (χ4n) is 1.90. The normalized spacial score (nSPS) is 11.2. The molecular formula is C15H13F2NO2. The lowest BCUT2D eigenvalue weighted by Gasteiger charge is -2.05. The van der Waals surface area contributed by atoms with Gasteiger partial charge in [-0.25, -0.2) is 18.6 Å². The van der Waals surface area contributed by atoms with Crippen LogP contribution in [0.4, 0.5) is 8.78 Å². The Morgan fingerprint density at radius 1 is 1.35 bits per heavy atom. The number of rotatable bonds is 3. The van der Waals surface area contributed by atoms with Crippen LogP contribution in [-0.2, 0) is 9.53 Å². The monoisotopic (exact) mass is 277 g/mol. The van der Waals surface area contributed by atoms with Crippen molar-refractivity contribution in [1.29, 1.82) is 0 Å². The van der Waals surface area contributed by atoms with Crippen LogP contribution in [0.5, 0.6) is 0 Å². The zero-order chi connectivity index (χ0) is 14.7. The Kier molecular flexibility index (Phi) is 4.08. The summed E-state index contributed by atoms with van der Waals surface area (Å²) in [5.41, 5.74) is 1.17. The highest BCUT2D eigenvalue weighted by Gasteiger charge is 2.09. The summed E-state index contributed by atoms with van der Waals surface area (Å²) in [6, 6.07) is 3.63. The second kappa shape index (κ2) is 5.77. The number of hydrogen-bond donors (Lipinski definition) is 0. The van der Waals surface area contributed by atoms with Crippen LogP contribution in [0.2, 0.25) is 0 Å². The molecular weight excluding hydrogens is 264 g/mol. The van der Waals surface area contributed by atoms with E-state index in [0.29, 0.717) is 16.6 Å². The summed E-state index contributed by atoms with van der Waals surface area (Å²) in [4.78, 5) is 15.3. The standard InChI is InChI=1S/C15H13F2NO2/c1-3-20-14(19)5-4-10-6-9(2)18-15-12(10)7-11(16)8-13(15)17/h4-8H,3H2,1-2H3/b5-4+. The van der Waals surface area contributed by atoms with E-state index in [-0.39, 0.29) is 12.1 Å². The number of pyridine rings is 1. The molecule has 0 atom stereocenters. The quantitative estimate of drug-likeness (QED) is 0.637. The van der Waals surface area contributed by atoms with Gasteiger partial charge in [0.2, 0.25) is 0 Å². The zero-order valence-electron chi connectivity index (χ0n) is 11.1. The number of benzene rings is 1. The van der Waals surface area contributed by atoms with Crippen LogP contribution < -0.4 is 0 Å². The largest absolute Gasteiger partial charge is 0.463 e. The molecule has 0 aliphatic carbocycles. The maximum absolute atomic E-state index is 13.7. The van der Waals surface area contributed by atoms with Gasteiger partial charge >= 0.3 is 5.97 Å². The maximum Gasteiger partial charge on any atom is 0.330 e. The van der Waals surface area contributed by atoms with Gasteiger partial charge in [-0.05, 0) is 37.6 Å². The number of hydrogen-bond acceptors (Lipinski definition) is 3. The van der Waals surface area contributed by atoms with Gasteiger partial charge in [0, 0.05) is 23.2 Å². The van der Waals surface area contributed by atoms with Gasteiger partial charge in [0.05, 0.1) is 6.61 Å². The molecule has 5 heteroatoms. The highest BCUT2D eigenvalue weighted by Crippen LogP contribution is 2.23. The Balaban J connectivity index is 2.55. The Bertz CT molecular complexity index is 696. The molecule has 0 bridgehead atoms. The van der Waals surface area contributed by atoms with Gasteiger partial charge in [0.25, 0.3) is 0 Å². The highest BCUT2D eigenvalue weighted by atomic mass is 19.1. The number of aromatic nitrogens is 1. The Labute approximate surface area is 114 Å². The van der Waals surface area contributed by atoms with E-state index in [2.05, 4.69) is 4.98 Å². The number of carbonyl (C=O) groups excluding carboxylic acids is 1. The van der Waals surface area contributed by atoms with Crippen molar-refractivity contribution in [3.8, 4) is 0 Å². The summed E-state index contributed by atoms with van der Waals surface area (Å²) in [7, 11) is 0. The molecule has 0 radical (unpaired) electrons. The van der Waals surface area contributed by atoms with Crippen LogP contribution in [0.1, 0.15) is 18.2 Å². The van der Waals surface area contributed by atoms with Crippen molar-refractivity contribution in [3.63, 3.8) is 0 Å². The molecule has 20 heavy (non-hydrogen) atoms. The average Bonchev–Trinajstić information content (AvgIpc) is 2.37. The lowest BCUT2D eigenvalue weighted by molar-refractivity contribution is -0.137. The van der Waals surface area contributed by atoms with Crippen molar-refractivity contribution in [1.82, 2.24) is 4.98 Å². The minimum absolute atomic E-state index is 0.0786. The molecule has 2 aromatic rings. The first-order valence-corrected chi connectivity index (χ1v) is 6.12. The second-order valence-electron chi connectivity index (χ2n) is 4.22. The first-order chi connectivity index (χ1) is 9.51. The number of carbonyl (C=O) groups is 1. The first-order valence-electron chi connectivity index (χ1n) is 6.12. The van der Waals surface area contributed by atoms with Crippen LogP contribution in [0.3, 0.4) is 0 Å². The van der Waals surface area contributed by atoms with E-state index in [1.54, 1.807) is 19.9 Å². The number of halogens is 2. The van der Waals surface area contributed by atoms with Crippen molar-refractivity contribution in [2.45, 2.75) is 13.8 Å². The van der Waals surface area contributed by atoms with E-state index in [9.17, 15) is 13.6 Å². The predicted molar refractivity (Wildman–Crippen MR) is 72.1 cm³/mol. The van der Waals surface area contributed by atoms with Gasteiger partial charge in [0.15, 0.2) is 5.82 Å². The summed E-state index contributed by atoms with van der Waals surface area (Å²) >= 11 is 0. The van der Waals surface area contributed by atoms with Gasteiger partial charge in [-0.1, -0.05) is 0 Å². The highest BCUT2D eigenvalue weighted by molar-refractivity contribution is 5.93. The summed E-state index contributed by atoms with van der Waals surface area (Å²) < 4.78 is 31.8. The minimum atomic E-state index is -0.727. The van der Waals surface area contributed by atoms with E-state index in [4.69, 9.17) is 4.74 Å². The van der Waals surface area contributed by atoms with Gasteiger partial charge in [0.1, 0.15) is 11.3 Å². The third-order valence-electron chi connectivity index (χ3n) is 2.68. The van der Waals surface area contributed by atoms with Crippen molar-refractivity contribution >= 4 is 22.9 Å². The van der Waals surface area contributed by atoms with Gasteiger partial charge < -0.3 is 4.74 Å². The minimum Gasteiger partial charge on any atom is -0.463 e. The molecule has 1 heterocycles. The van der Waals surface area contributed by atoms with Crippen molar-refractivity contribution in [2.24, 2.45) is 0 Å². The fourth-order valence-corrected chi connectivity index (χ4v) is 1.90. The molecule has 0 aliphatic heterocycles. The van der Waals surface area contributed by atoms with E-state index in [1.807, 2.05) is 0 Å². The number of nitrogens with zero attached hydrogens (tertiary/aromatic N) is 1. The van der Waals surface area contributed by atoms with Crippen LogP contribution in [0, 0.1) is 18.6 Å². The molecule has 2 rings (SSSR count). The number of ether oxygens (including phenoxy) is 1. The summed E-state index contributed by atoms with van der Waals surface area (Å²) in [6.07, 6.45) is 2.69. The first kappa shape index (κ1) is 14.1. The third kappa shape index (κ3) is 2.99. The smallest absolute Gasteiger partial charge is 0.330 e. The summed E-state index contributed by atoms with van der Waals surface area (Å²) in [6.45, 7) is 3.66. The molecule has 3 nitrogen and oxygen atoms in total. The predicted octanol–water partition coefficient (Wildman–Crippen LogP) is 3.40. The van der Waals surface area contributed by atoms with Gasteiger partial charge in [-0.15, -0.1) is 0 Å². The Hall–Kier alpha value is -2.30. The number of aryl methyl sites for hydroxylation is 1. The molecule has 104 valence electrons. The van der Waals surface area contributed by atoms with Crippen molar-refractivity contribution in [3.05, 3.63) is 47.2 Å². The second-order valence-corrected chi connectivity index (χ2v) is 4.22. The lowest BCUT2D eigenvalue weighted by Crippen LogP contribution is -1.99. The van der Waals surface area contributed by atoms with Crippen molar-refractivity contribution < 1.29 is 18.3 Å². The van der Waals surface area contributed by atoms with E-state index in [1.165, 1.54) is 18.2 Å². The van der Waals surface area contributed by atoms with Crippen LogP contribution in [0.15, 0.2) is 24.3 Å². The zero-order valence-corrected chi connectivity index (χ0v) is 11.1. The van der Waals surface area contributed by atoms with Crippen molar-refractivity contribution in [2.75, 3.05) is 6.61 Å². The van der Waals surface area contributed by atoms with Gasteiger partial charge in [-0.3, -0.25) is 0 Å². The fraction of sp³-hybridized carbons (Fsp3) is 0.200. The number of esters is 1. The number of fused-ring (bicyclic) bond motifs is 1. The third-order valence-corrected chi connectivity index (χ3v) is 2.68. The van der Waals surface area contributed by atoms with E-state index >= 15 is 0 Å². The molecule has 0 saturated carbocycles. The summed E-state index contributed by atoms with van der Waals surface area (Å²) in [5, 5.41) is 0.314. The molecule has 0 aliphatic rings. The van der Waals surface area contributed by atoms with E-state index in [0.717, 1.165) is 6.07 Å². The molecule has 0 unspecified atom stereocenters. The van der Waals surface area contributed by atoms with Gasteiger partial charge in [-0.2, -0.15) is 0 Å².